The van der Waals surface area contributed by atoms with Crippen molar-refractivity contribution in [2.24, 2.45) is 0 Å². The molecule has 0 spiro atoms. The highest BCUT2D eigenvalue weighted by Gasteiger charge is 2.21. The monoisotopic (exact) mass is 414 g/mol. The van der Waals surface area contributed by atoms with E-state index in [0.29, 0.717) is 24.5 Å². The summed E-state index contributed by atoms with van der Waals surface area (Å²) in [5, 5.41) is 17.1. The van der Waals surface area contributed by atoms with Crippen LogP contribution in [0.3, 0.4) is 0 Å². The van der Waals surface area contributed by atoms with Gasteiger partial charge in [0.1, 0.15) is 5.69 Å². The van der Waals surface area contributed by atoms with E-state index in [0.717, 1.165) is 11.1 Å². The number of nitrogens with zero attached hydrogens (tertiary/aromatic N) is 2. The molecule has 0 saturated carbocycles. The lowest BCUT2D eigenvalue weighted by molar-refractivity contribution is -0.384. The molecule has 0 fully saturated rings. The number of ether oxygens (including phenoxy) is 1. The van der Waals surface area contributed by atoms with Crippen molar-refractivity contribution in [1.29, 1.82) is 0 Å². The van der Waals surface area contributed by atoms with Crippen LogP contribution in [0.1, 0.15) is 21.5 Å². The van der Waals surface area contributed by atoms with Crippen LogP contribution in [-0.2, 0) is 9.53 Å². The summed E-state index contributed by atoms with van der Waals surface area (Å²) in [5.41, 5.74) is 2.88. The molecule has 0 saturated heterocycles. The standard InChI is InChI=1S/C21H26N4O5/c1-14-6-5-7-17(15(14)2)23-20(26)13-24(3)21(27)16-8-9-18(22-10-11-30-4)19(12-16)25(28)29/h5-9,12,22H,10-11,13H2,1-4H3,(H,23,26). The van der Waals surface area contributed by atoms with Gasteiger partial charge in [-0.25, -0.2) is 0 Å². The third-order valence-electron chi connectivity index (χ3n) is 4.67. The van der Waals surface area contributed by atoms with Crippen LogP contribution >= 0.6 is 0 Å². The Morgan fingerprint density at radius 1 is 1.17 bits per heavy atom. The Bertz CT molecular complexity index is 945. The number of carbonyl (C=O) groups excluding carboxylic acids is 2. The van der Waals surface area contributed by atoms with Crippen LogP contribution < -0.4 is 10.6 Å². The van der Waals surface area contributed by atoms with Crippen LogP contribution in [0.25, 0.3) is 0 Å². The topological polar surface area (TPSA) is 114 Å². The summed E-state index contributed by atoms with van der Waals surface area (Å²) in [4.78, 5) is 37.1. The summed E-state index contributed by atoms with van der Waals surface area (Å²) >= 11 is 0. The van der Waals surface area contributed by atoms with Crippen LogP contribution in [0.2, 0.25) is 0 Å². The van der Waals surface area contributed by atoms with Gasteiger partial charge in [-0.15, -0.1) is 0 Å². The third-order valence-corrected chi connectivity index (χ3v) is 4.67. The summed E-state index contributed by atoms with van der Waals surface area (Å²) in [6.07, 6.45) is 0. The van der Waals surface area contributed by atoms with E-state index in [4.69, 9.17) is 4.74 Å². The molecule has 0 aliphatic heterocycles. The second-order valence-electron chi connectivity index (χ2n) is 6.87. The first-order valence-corrected chi connectivity index (χ1v) is 9.37. The molecule has 0 bridgehead atoms. The smallest absolute Gasteiger partial charge is 0.293 e. The maximum Gasteiger partial charge on any atom is 0.293 e. The Morgan fingerprint density at radius 2 is 1.90 bits per heavy atom. The predicted octanol–water partition coefficient (Wildman–Crippen LogP) is 2.98. The molecule has 2 amide bonds. The van der Waals surface area contributed by atoms with Gasteiger partial charge in [-0.3, -0.25) is 19.7 Å². The fraction of sp³-hybridized carbons (Fsp3) is 0.333. The van der Waals surface area contributed by atoms with Crippen LogP contribution in [0.15, 0.2) is 36.4 Å². The Labute approximate surface area is 175 Å². The molecule has 2 aromatic carbocycles. The lowest BCUT2D eigenvalue weighted by atomic mass is 10.1. The first-order valence-electron chi connectivity index (χ1n) is 9.37. The zero-order valence-electron chi connectivity index (χ0n) is 17.5. The Hall–Kier alpha value is -3.46. The van der Waals surface area contributed by atoms with E-state index < -0.39 is 10.8 Å². The van der Waals surface area contributed by atoms with Gasteiger partial charge in [0.15, 0.2) is 0 Å². The van der Waals surface area contributed by atoms with Gasteiger partial charge in [0, 0.05) is 38.0 Å². The minimum atomic E-state index is -0.556. The lowest BCUT2D eigenvalue weighted by Gasteiger charge is -2.18. The van der Waals surface area contributed by atoms with Gasteiger partial charge in [-0.2, -0.15) is 0 Å². The fourth-order valence-corrected chi connectivity index (χ4v) is 2.84. The van der Waals surface area contributed by atoms with Crippen LogP contribution in [0.5, 0.6) is 0 Å². The molecule has 160 valence electrons. The molecule has 30 heavy (non-hydrogen) atoms. The Balaban J connectivity index is 2.09. The molecule has 2 aromatic rings. The van der Waals surface area contributed by atoms with Gasteiger partial charge >= 0.3 is 0 Å². The highest BCUT2D eigenvalue weighted by molar-refractivity contribution is 6.00. The predicted molar refractivity (Wildman–Crippen MR) is 115 cm³/mol. The van der Waals surface area contributed by atoms with Crippen molar-refractivity contribution in [3.8, 4) is 0 Å². The number of hydrogen-bond donors (Lipinski definition) is 2. The number of methoxy groups -OCH3 is 1. The van der Waals surface area contributed by atoms with Gasteiger partial charge in [0.2, 0.25) is 5.91 Å². The van der Waals surface area contributed by atoms with Gasteiger partial charge in [0.05, 0.1) is 18.1 Å². The molecule has 2 rings (SSSR count). The van der Waals surface area contributed by atoms with Gasteiger partial charge in [-0.05, 0) is 43.2 Å². The number of amides is 2. The number of rotatable bonds is 9. The van der Waals surface area contributed by atoms with E-state index in [-0.39, 0.29) is 23.7 Å². The molecular weight excluding hydrogens is 388 g/mol. The van der Waals surface area contributed by atoms with Gasteiger partial charge < -0.3 is 20.3 Å². The fourth-order valence-electron chi connectivity index (χ4n) is 2.84. The highest BCUT2D eigenvalue weighted by atomic mass is 16.6. The summed E-state index contributed by atoms with van der Waals surface area (Å²) in [5.74, 6) is -0.843. The summed E-state index contributed by atoms with van der Waals surface area (Å²) in [6.45, 7) is 4.44. The van der Waals surface area contributed by atoms with E-state index in [1.807, 2.05) is 26.0 Å². The minimum Gasteiger partial charge on any atom is -0.383 e. The highest BCUT2D eigenvalue weighted by Crippen LogP contribution is 2.26. The van der Waals surface area contributed by atoms with Crippen molar-refractivity contribution < 1.29 is 19.2 Å². The summed E-state index contributed by atoms with van der Waals surface area (Å²) in [6, 6.07) is 9.75. The zero-order chi connectivity index (χ0) is 22.3. The number of aryl methyl sites for hydroxylation is 1. The molecule has 0 aliphatic rings. The molecule has 0 aromatic heterocycles. The molecule has 2 N–H and O–H groups in total. The maximum atomic E-state index is 12.7. The number of benzene rings is 2. The van der Waals surface area contributed by atoms with E-state index in [1.54, 1.807) is 6.07 Å². The second kappa shape index (κ2) is 10.4. The van der Waals surface area contributed by atoms with Crippen molar-refractivity contribution in [1.82, 2.24) is 4.90 Å². The molecular formula is C21H26N4O5. The van der Waals surface area contributed by atoms with E-state index >= 15 is 0 Å². The van der Waals surface area contributed by atoms with Crippen molar-refractivity contribution in [2.75, 3.05) is 44.5 Å². The molecule has 0 unspecified atom stereocenters. The molecule has 0 radical (unpaired) electrons. The number of carbonyl (C=O) groups is 2. The molecule has 0 aliphatic carbocycles. The average Bonchev–Trinajstić information content (AvgIpc) is 2.71. The van der Waals surface area contributed by atoms with Crippen LogP contribution in [0, 0.1) is 24.0 Å². The zero-order valence-corrected chi connectivity index (χ0v) is 17.5. The summed E-state index contributed by atoms with van der Waals surface area (Å²) in [7, 11) is 3.01. The molecule has 0 atom stereocenters. The van der Waals surface area contributed by atoms with E-state index in [2.05, 4.69) is 10.6 Å². The van der Waals surface area contributed by atoms with Crippen LogP contribution in [0.4, 0.5) is 17.1 Å². The molecule has 0 heterocycles. The average molecular weight is 414 g/mol. The van der Waals surface area contributed by atoms with Crippen molar-refractivity contribution in [2.45, 2.75) is 13.8 Å². The Kier molecular flexibility index (Phi) is 7.88. The Morgan fingerprint density at radius 3 is 2.57 bits per heavy atom. The first kappa shape index (κ1) is 22.8. The van der Waals surface area contributed by atoms with Gasteiger partial charge in [-0.1, -0.05) is 12.1 Å². The lowest BCUT2D eigenvalue weighted by Crippen LogP contribution is -2.35. The van der Waals surface area contributed by atoms with E-state index in [1.165, 1.54) is 37.3 Å². The number of anilines is 2. The normalized spacial score (nSPS) is 10.4. The SMILES string of the molecule is COCCNc1ccc(C(=O)N(C)CC(=O)Nc2cccc(C)c2C)cc1[N+](=O)[O-]. The van der Waals surface area contributed by atoms with E-state index in [9.17, 15) is 19.7 Å². The molecule has 9 heteroatoms. The molecule has 9 nitrogen and oxygen atoms in total. The second-order valence-corrected chi connectivity index (χ2v) is 6.87. The first-order chi connectivity index (χ1) is 14.2. The number of nitro benzene ring substituents is 1. The van der Waals surface area contributed by atoms with Gasteiger partial charge in [0.25, 0.3) is 11.6 Å². The van der Waals surface area contributed by atoms with Crippen LogP contribution in [-0.4, -0.2) is 55.5 Å². The van der Waals surface area contributed by atoms with Crippen molar-refractivity contribution in [3.05, 3.63) is 63.2 Å². The minimum absolute atomic E-state index is 0.126. The summed E-state index contributed by atoms with van der Waals surface area (Å²) < 4.78 is 4.92. The number of likely N-dealkylation sites (N-methyl/N-ethyl adjacent to an activating group) is 1. The quantitative estimate of drug-likeness (QED) is 0.370. The van der Waals surface area contributed by atoms with Crippen molar-refractivity contribution in [3.63, 3.8) is 0 Å². The maximum absolute atomic E-state index is 12.7. The third kappa shape index (κ3) is 5.77. The number of nitrogens with one attached hydrogen (secondary N) is 2. The van der Waals surface area contributed by atoms with Crippen molar-refractivity contribution >= 4 is 28.9 Å². The largest absolute Gasteiger partial charge is 0.383 e. The number of hydrogen-bond acceptors (Lipinski definition) is 6. The number of nitro groups is 1.